The summed E-state index contributed by atoms with van der Waals surface area (Å²) < 4.78 is 16.0. The second kappa shape index (κ2) is 10.4. The summed E-state index contributed by atoms with van der Waals surface area (Å²) in [6.45, 7) is 3.20. The third-order valence-electron chi connectivity index (χ3n) is 4.38. The van der Waals surface area contributed by atoms with Gasteiger partial charge in [-0.15, -0.1) is 0 Å². The first kappa shape index (κ1) is 21.3. The van der Waals surface area contributed by atoms with Gasteiger partial charge in [-0.2, -0.15) is 0 Å². The van der Waals surface area contributed by atoms with Crippen molar-refractivity contribution in [1.82, 2.24) is 15.3 Å². The summed E-state index contributed by atoms with van der Waals surface area (Å²) in [7, 11) is 2.94. The summed E-state index contributed by atoms with van der Waals surface area (Å²) in [6.07, 6.45) is 0. The summed E-state index contributed by atoms with van der Waals surface area (Å²) in [5.74, 6) is 0.813. The van der Waals surface area contributed by atoms with Gasteiger partial charge >= 0.3 is 5.97 Å². The molecule has 0 bridgehead atoms. The number of pyridine rings is 2. The number of nitrogens with one attached hydrogen (secondary N) is 1. The summed E-state index contributed by atoms with van der Waals surface area (Å²) in [5, 5.41) is 3.31. The van der Waals surface area contributed by atoms with Gasteiger partial charge in [0.2, 0.25) is 5.88 Å². The Morgan fingerprint density at radius 2 is 1.80 bits per heavy atom. The van der Waals surface area contributed by atoms with E-state index in [0.717, 1.165) is 22.6 Å². The number of carbonyl (C=O) groups is 1. The van der Waals surface area contributed by atoms with E-state index in [4.69, 9.17) is 14.2 Å². The second-order valence-electron chi connectivity index (χ2n) is 6.66. The zero-order chi connectivity index (χ0) is 21.3. The molecule has 0 spiro atoms. The Morgan fingerprint density at radius 1 is 1.00 bits per heavy atom. The van der Waals surface area contributed by atoms with E-state index >= 15 is 0 Å². The number of aromatic nitrogens is 2. The lowest BCUT2D eigenvalue weighted by atomic mass is 10.2. The maximum Gasteiger partial charge on any atom is 0.337 e. The molecule has 0 radical (unpaired) electrons. The van der Waals surface area contributed by atoms with E-state index in [1.807, 2.05) is 43.3 Å². The Kier molecular flexibility index (Phi) is 7.34. The highest BCUT2D eigenvalue weighted by Gasteiger charge is 2.11. The molecular formula is C23H25N3O4. The molecule has 0 saturated heterocycles. The van der Waals surface area contributed by atoms with Gasteiger partial charge in [0.25, 0.3) is 0 Å². The van der Waals surface area contributed by atoms with Crippen LogP contribution in [0.15, 0.2) is 54.6 Å². The highest BCUT2D eigenvalue weighted by molar-refractivity contribution is 5.89. The van der Waals surface area contributed by atoms with E-state index in [9.17, 15) is 4.79 Å². The third kappa shape index (κ3) is 5.78. The predicted octanol–water partition coefficient (Wildman–Crippen LogP) is 3.45. The van der Waals surface area contributed by atoms with Crippen molar-refractivity contribution in [3.8, 4) is 11.6 Å². The van der Waals surface area contributed by atoms with Gasteiger partial charge in [0.1, 0.15) is 18.1 Å². The molecule has 0 amide bonds. The summed E-state index contributed by atoms with van der Waals surface area (Å²) in [5.41, 5.74) is 3.77. The molecule has 7 heteroatoms. The van der Waals surface area contributed by atoms with Crippen molar-refractivity contribution in [1.29, 1.82) is 0 Å². The smallest absolute Gasteiger partial charge is 0.337 e. The van der Waals surface area contributed by atoms with Gasteiger partial charge in [0.05, 0.1) is 25.5 Å². The van der Waals surface area contributed by atoms with Crippen LogP contribution in [0.1, 0.15) is 33.0 Å². The van der Waals surface area contributed by atoms with Crippen LogP contribution in [0.5, 0.6) is 11.6 Å². The summed E-state index contributed by atoms with van der Waals surface area (Å²) in [4.78, 5) is 20.8. The maximum absolute atomic E-state index is 11.8. The highest BCUT2D eigenvalue weighted by Crippen LogP contribution is 2.21. The number of nitrogens with zero attached hydrogens (tertiary/aromatic N) is 2. The first-order valence-electron chi connectivity index (χ1n) is 9.56. The molecule has 156 valence electrons. The maximum atomic E-state index is 11.8. The quantitative estimate of drug-likeness (QED) is 0.544. The van der Waals surface area contributed by atoms with Crippen molar-refractivity contribution in [2.75, 3.05) is 14.2 Å². The molecule has 2 aromatic heterocycles. The van der Waals surface area contributed by atoms with Crippen molar-refractivity contribution in [3.63, 3.8) is 0 Å². The lowest BCUT2D eigenvalue weighted by molar-refractivity contribution is 0.0600. The molecule has 0 atom stereocenters. The predicted molar refractivity (Wildman–Crippen MR) is 112 cm³/mol. The normalized spacial score (nSPS) is 10.5. The first-order valence-corrected chi connectivity index (χ1v) is 9.56. The summed E-state index contributed by atoms with van der Waals surface area (Å²) in [6, 6.07) is 17.0. The van der Waals surface area contributed by atoms with Crippen molar-refractivity contribution in [2.45, 2.75) is 26.6 Å². The third-order valence-corrected chi connectivity index (χ3v) is 4.38. The highest BCUT2D eigenvalue weighted by atomic mass is 16.5. The van der Waals surface area contributed by atoms with Crippen LogP contribution in [0.25, 0.3) is 0 Å². The van der Waals surface area contributed by atoms with Crippen LogP contribution in [-0.4, -0.2) is 30.2 Å². The van der Waals surface area contributed by atoms with Crippen LogP contribution >= 0.6 is 0 Å². The molecule has 0 aliphatic heterocycles. The van der Waals surface area contributed by atoms with Crippen molar-refractivity contribution >= 4 is 5.97 Å². The van der Waals surface area contributed by atoms with Crippen LogP contribution in [0.4, 0.5) is 0 Å². The fourth-order valence-corrected chi connectivity index (χ4v) is 2.95. The monoisotopic (exact) mass is 407 g/mol. The molecule has 1 N–H and O–H groups in total. The van der Waals surface area contributed by atoms with Gasteiger partial charge in [-0.05, 0) is 30.7 Å². The van der Waals surface area contributed by atoms with E-state index in [1.165, 1.54) is 7.11 Å². The minimum absolute atomic E-state index is 0.382. The van der Waals surface area contributed by atoms with Crippen LogP contribution in [0, 0.1) is 6.92 Å². The van der Waals surface area contributed by atoms with Crippen molar-refractivity contribution < 1.29 is 19.0 Å². The zero-order valence-corrected chi connectivity index (χ0v) is 17.3. The number of hydrogen-bond acceptors (Lipinski definition) is 7. The molecular weight excluding hydrogens is 382 g/mol. The average Bonchev–Trinajstić information content (AvgIpc) is 2.77. The molecule has 0 aliphatic rings. The molecule has 0 unspecified atom stereocenters. The number of rotatable bonds is 9. The minimum atomic E-state index is -0.382. The second-order valence-corrected chi connectivity index (χ2v) is 6.66. The van der Waals surface area contributed by atoms with Crippen LogP contribution in [0.3, 0.4) is 0 Å². The Balaban J connectivity index is 1.68. The Bertz CT molecular complexity index is 993. The Hall–Kier alpha value is -3.45. The fraction of sp³-hybridized carbons (Fsp3) is 0.261. The number of benzene rings is 1. The van der Waals surface area contributed by atoms with Crippen LogP contribution < -0.4 is 14.8 Å². The number of esters is 1. The SMILES string of the molecule is COC(=O)c1cc(C)nc(CNCc2nc(OC)ccc2OCc2ccccc2)c1. The largest absolute Gasteiger partial charge is 0.487 e. The van der Waals surface area contributed by atoms with E-state index in [0.29, 0.717) is 36.9 Å². The van der Waals surface area contributed by atoms with E-state index < -0.39 is 0 Å². The average molecular weight is 407 g/mol. The lowest BCUT2D eigenvalue weighted by Gasteiger charge is -2.13. The summed E-state index contributed by atoms with van der Waals surface area (Å²) >= 11 is 0. The van der Waals surface area contributed by atoms with E-state index in [1.54, 1.807) is 25.3 Å². The number of carbonyl (C=O) groups excluding carboxylic acids is 1. The minimum Gasteiger partial charge on any atom is -0.487 e. The van der Waals surface area contributed by atoms with E-state index in [2.05, 4.69) is 15.3 Å². The van der Waals surface area contributed by atoms with Crippen molar-refractivity contribution in [3.05, 3.63) is 82.8 Å². The molecule has 3 aromatic rings. The Morgan fingerprint density at radius 3 is 2.53 bits per heavy atom. The van der Waals surface area contributed by atoms with Gasteiger partial charge in [0.15, 0.2) is 0 Å². The molecule has 30 heavy (non-hydrogen) atoms. The number of aryl methyl sites for hydroxylation is 1. The molecule has 0 fully saturated rings. The van der Waals surface area contributed by atoms with Gasteiger partial charge < -0.3 is 19.5 Å². The molecule has 0 aliphatic carbocycles. The number of ether oxygens (including phenoxy) is 3. The zero-order valence-electron chi connectivity index (χ0n) is 17.3. The molecule has 3 rings (SSSR count). The van der Waals surface area contributed by atoms with Crippen LogP contribution in [0.2, 0.25) is 0 Å². The molecule has 7 nitrogen and oxygen atoms in total. The van der Waals surface area contributed by atoms with Crippen molar-refractivity contribution in [2.24, 2.45) is 0 Å². The number of hydrogen-bond donors (Lipinski definition) is 1. The standard InChI is InChI=1S/C23H25N3O4/c1-16-11-18(23(27)29-3)12-19(25-16)13-24-14-20-21(9-10-22(26-20)28-2)30-15-17-7-5-4-6-8-17/h4-12,24H,13-15H2,1-3H3. The van der Waals surface area contributed by atoms with Crippen LogP contribution in [-0.2, 0) is 24.4 Å². The van der Waals surface area contributed by atoms with Gasteiger partial charge in [-0.1, -0.05) is 30.3 Å². The topological polar surface area (TPSA) is 82.6 Å². The fourth-order valence-electron chi connectivity index (χ4n) is 2.95. The number of methoxy groups -OCH3 is 2. The van der Waals surface area contributed by atoms with Gasteiger partial charge in [-0.3, -0.25) is 4.98 Å². The van der Waals surface area contributed by atoms with E-state index in [-0.39, 0.29) is 5.97 Å². The lowest BCUT2D eigenvalue weighted by Crippen LogP contribution is -2.17. The molecule has 1 aromatic carbocycles. The Labute approximate surface area is 176 Å². The first-order chi connectivity index (χ1) is 14.6. The molecule has 0 saturated carbocycles. The molecule has 2 heterocycles. The van der Waals surface area contributed by atoms with Gasteiger partial charge in [-0.25, -0.2) is 9.78 Å². The van der Waals surface area contributed by atoms with Gasteiger partial charge in [0, 0.05) is 24.8 Å².